The van der Waals surface area contributed by atoms with Crippen LogP contribution in [0.25, 0.3) is 0 Å². The summed E-state index contributed by atoms with van der Waals surface area (Å²) in [4.78, 5) is 0. The van der Waals surface area contributed by atoms with Gasteiger partial charge in [-0.05, 0) is 17.7 Å². The van der Waals surface area contributed by atoms with Gasteiger partial charge in [0.2, 0.25) is 10.0 Å². The molecule has 110 valence electrons. The number of sulfonamides is 1. The lowest BCUT2D eigenvalue weighted by Crippen LogP contribution is -2.31. The smallest absolute Gasteiger partial charge is 0.212 e. The summed E-state index contributed by atoms with van der Waals surface area (Å²) in [6.45, 7) is -0.609. The number of hydrogen-bond acceptors (Lipinski definition) is 3. The fourth-order valence-corrected chi connectivity index (χ4v) is 2.62. The van der Waals surface area contributed by atoms with Crippen molar-refractivity contribution in [1.82, 2.24) is 4.31 Å². The minimum atomic E-state index is -4.39. The summed E-state index contributed by atoms with van der Waals surface area (Å²) in [6, 6.07) is 7.74. The summed E-state index contributed by atoms with van der Waals surface area (Å²) in [6.07, 6.45) is -5.58. The van der Waals surface area contributed by atoms with Crippen LogP contribution in [0.15, 0.2) is 24.3 Å². The number of hydrogen-bond donors (Lipinski definition) is 0. The van der Waals surface area contributed by atoms with Crippen LogP contribution in [0.2, 0.25) is 0 Å². The SMILES string of the molecule is CN(CCC(F)(F)F)S(=O)(=O)Cc1ccc(C#N)cc1. The molecule has 0 unspecified atom stereocenters. The molecule has 0 bridgehead atoms. The molecule has 0 aromatic heterocycles. The van der Waals surface area contributed by atoms with Crippen molar-refractivity contribution in [2.24, 2.45) is 0 Å². The lowest BCUT2D eigenvalue weighted by molar-refractivity contribution is -0.135. The number of benzene rings is 1. The van der Waals surface area contributed by atoms with E-state index in [1.165, 1.54) is 24.3 Å². The van der Waals surface area contributed by atoms with Crippen molar-refractivity contribution in [2.45, 2.75) is 18.3 Å². The Labute approximate surface area is 115 Å². The average Bonchev–Trinajstić information content (AvgIpc) is 2.35. The van der Waals surface area contributed by atoms with Crippen molar-refractivity contribution in [1.29, 1.82) is 5.26 Å². The van der Waals surface area contributed by atoms with E-state index in [-0.39, 0.29) is 0 Å². The van der Waals surface area contributed by atoms with E-state index in [1.54, 1.807) is 0 Å². The Balaban J connectivity index is 2.71. The summed E-state index contributed by atoms with van der Waals surface area (Å²) in [5.74, 6) is -0.396. The van der Waals surface area contributed by atoms with Crippen LogP contribution in [0.1, 0.15) is 17.5 Å². The van der Waals surface area contributed by atoms with Gasteiger partial charge in [-0.3, -0.25) is 0 Å². The van der Waals surface area contributed by atoms with Crippen LogP contribution in [0.4, 0.5) is 13.2 Å². The fraction of sp³-hybridized carbons (Fsp3) is 0.417. The Morgan fingerprint density at radius 3 is 2.25 bits per heavy atom. The van der Waals surface area contributed by atoms with Gasteiger partial charge in [-0.1, -0.05) is 12.1 Å². The highest BCUT2D eigenvalue weighted by Gasteiger charge is 2.29. The Hall–Kier alpha value is -1.59. The molecule has 0 aliphatic heterocycles. The average molecular weight is 306 g/mol. The quantitative estimate of drug-likeness (QED) is 0.838. The number of nitriles is 1. The zero-order chi connectivity index (χ0) is 15.4. The molecule has 0 saturated heterocycles. The molecule has 0 fully saturated rings. The Bertz CT molecular complexity index is 589. The molecular formula is C12H13F3N2O2S. The van der Waals surface area contributed by atoms with E-state index in [0.29, 0.717) is 15.4 Å². The van der Waals surface area contributed by atoms with Crippen LogP contribution in [0, 0.1) is 11.3 Å². The molecule has 0 aliphatic carbocycles. The Kier molecular flexibility index (Phi) is 5.14. The zero-order valence-electron chi connectivity index (χ0n) is 10.7. The van der Waals surface area contributed by atoms with Crippen LogP contribution in [-0.4, -0.2) is 32.5 Å². The molecular weight excluding hydrogens is 293 g/mol. The third kappa shape index (κ3) is 5.19. The van der Waals surface area contributed by atoms with Crippen LogP contribution < -0.4 is 0 Å². The van der Waals surface area contributed by atoms with Crippen LogP contribution in [-0.2, 0) is 15.8 Å². The second kappa shape index (κ2) is 6.24. The maximum absolute atomic E-state index is 12.1. The van der Waals surface area contributed by atoms with E-state index in [2.05, 4.69) is 0 Å². The summed E-state index contributed by atoms with van der Waals surface area (Å²) in [5, 5.41) is 8.61. The van der Waals surface area contributed by atoms with Gasteiger partial charge in [-0.25, -0.2) is 12.7 Å². The maximum Gasteiger partial charge on any atom is 0.390 e. The number of nitrogens with zero attached hydrogens (tertiary/aromatic N) is 2. The van der Waals surface area contributed by atoms with Gasteiger partial charge in [0.05, 0.1) is 23.8 Å². The van der Waals surface area contributed by atoms with Crippen molar-refractivity contribution < 1.29 is 21.6 Å². The number of rotatable bonds is 5. The van der Waals surface area contributed by atoms with Gasteiger partial charge in [0, 0.05) is 13.6 Å². The van der Waals surface area contributed by atoms with E-state index in [0.717, 1.165) is 7.05 Å². The van der Waals surface area contributed by atoms with Crippen LogP contribution >= 0.6 is 0 Å². The van der Waals surface area contributed by atoms with Crippen molar-refractivity contribution in [3.8, 4) is 6.07 Å². The summed E-state index contributed by atoms with van der Waals surface area (Å²) >= 11 is 0. The molecule has 0 saturated carbocycles. The molecule has 0 atom stereocenters. The summed E-state index contributed by atoms with van der Waals surface area (Å²) in [7, 11) is -2.69. The lowest BCUT2D eigenvalue weighted by atomic mass is 10.2. The molecule has 0 radical (unpaired) electrons. The van der Waals surface area contributed by atoms with E-state index in [9.17, 15) is 21.6 Å². The first-order valence-electron chi connectivity index (χ1n) is 5.64. The van der Waals surface area contributed by atoms with Crippen molar-refractivity contribution >= 4 is 10.0 Å². The molecule has 1 aromatic carbocycles. The monoisotopic (exact) mass is 306 g/mol. The van der Waals surface area contributed by atoms with E-state index in [1.807, 2.05) is 6.07 Å². The highest BCUT2D eigenvalue weighted by Crippen LogP contribution is 2.20. The van der Waals surface area contributed by atoms with Crippen molar-refractivity contribution in [3.05, 3.63) is 35.4 Å². The van der Waals surface area contributed by atoms with Crippen molar-refractivity contribution in [3.63, 3.8) is 0 Å². The predicted octanol–water partition coefficient (Wildman–Crippen LogP) is 2.27. The van der Waals surface area contributed by atoms with Gasteiger partial charge in [-0.2, -0.15) is 18.4 Å². The maximum atomic E-state index is 12.1. The van der Waals surface area contributed by atoms with E-state index < -0.39 is 34.9 Å². The van der Waals surface area contributed by atoms with Crippen LogP contribution in [0.3, 0.4) is 0 Å². The van der Waals surface area contributed by atoms with Gasteiger partial charge in [-0.15, -0.1) is 0 Å². The predicted molar refractivity (Wildman–Crippen MR) is 67.1 cm³/mol. The standard InChI is InChI=1S/C12H13F3N2O2S/c1-17(7-6-12(13,14)15)20(18,19)9-11-4-2-10(8-16)3-5-11/h2-5H,6-7,9H2,1H3. The van der Waals surface area contributed by atoms with E-state index in [4.69, 9.17) is 5.26 Å². The van der Waals surface area contributed by atoms with Crippen LogP contribution in [0.5, 0.6) is 0 Å². The molecule has 0 N–H and O–H groups in total. The normalized spacial score (nSPS) is 12.4. The van der Waals surface area contributed by atoms with E-state index >= 15 is 0 Å². The van der Waals surface area contributed by atoms with Gasteiger partial charge in [0.15, 0.2) is 0 Å². The minimum Gasteiger partial charge on any atom is -0.212 e. The Morgan fingerprint density at radius 2 is 1.80 bits per heavy atom. The molecule has 1 aromatic rings. The highest BCUT2D eigenvalue weighted by atomic mass is 32.2. The third-order valence-corrected chi connectivity index (χ3v) is 4.45. The van der Waals surface area contributed by atoms with Gasteiger partial charge in [0.25, 0.3) is 0 Å². The zero-order valence-corrected chi connectivity index (χ0v) is 11.5. The summed E-state index contributed by atoms with van der Waals surface area (Å²) < 4.78 is 60.6. The molecule has 0 aliphatic rings. The third-order valence-electron chi connectivity index (χ3n) is 2.62. The topological polar surface area (TPSA) is 61.2 Å². The van der Waals surface area contributed by atoms with Gasteiger partial charge in [0.1, 0.15) is 0 Å². The first-order valence-corrected chi connectivity index (χ1v) is 7.25. The first kappa shape index (κ1) is 16.5. The number of alkyl halides is 3. The van der Waals surface area contributed by atoms with Gasteiger partial charge < -0.3 is 0 Å². The molecule has 20 heavy (non-hydrogen) atoms. The molecule has 0 spiro atoms. The lowest BCUT2D eigenvalue weighted by Gasteiger charge is -2.18. The largest absolute Gasteiger partial charge is 0.390 e. The molecule has 1 rings (SSSR count). The minimum absolute atomic E-state index is 0.386. The Morgan fingerprint density at radius 1 is 1.25 bits per heavy atom. The molecule has 0 heterocycles. The van der Waals surface area contributed by atoms with Crippen molar-refractivity contribution in [2.75, 3.05) is 13.6 Å². The second-order valence-electron chi connectivity index (χ2n) is 4.25. The molecule has 8 heteroatoms. The first-order chi connectivity index (χ1) is 9.14. The summed E-state index contributed by atoms with van der Waals surface area (Å²) in [5.41, 5.74) is 0.805. The molecule has 4 nitrogen and oxygen atoms in total. The fourth-order valence-electron chi connectivity index (χ4n) is 1.42. The highest BCUT2D eigenvalue weighted by molar-refractivity contribution is 7.88. The second-order valence-corrected chi connectivity index (χ2v) is 6.33. The molecule has 0 amide bonds. The van der Waals surface area contributed by atoms with Gasteiger partial charge >= 0.3 is 6.18 Å². The number of halogens is 3.